The minimum Gasteiger partial charge on any atom is -0.494 e. The summed E-state index contributed by atoms with van der Waals surface area (Å²) in [4.78, 5) is 23.8. The van der Waals surface area contributed by atoms with E-state index in [2.05, 4.69) is 10.1 Å². The predicted molar refractivity (Wildman–Crippen MR) is 92.7 cm³/mol. The number of amides is 1. The average molecular weight is 348 g/mol. The molecule has 5 nitrogen and oxygen atoms in total. The molecule has 0 fully saturated rings. The molecular weight excluding hydrogens is 330 g/mol. The van der Waals surface area contributed by atoms with E-state index in [0.717, 1.165) is 11.3 Å². The first-order chi connectivity index (χ1) is 11.5. The van der Waals surface area contributed by atoms with Gasteiger partial charge < -0.3 is 14.8 Å². The highest BCUT2D eigenvalue weighted by molar-refractivity contribution is 6.33. The summed E-state index contributed by atoms with van der Waals surface area (Å²) in [7, 11) is 1.27. The summed E-state index contributed by atoms with van der Waals surface area (Å²) in [6, 6.07) is 12.0. The van der Waals surface area contributed by atoms with Crippen molar-refractivity contribution in [3.8, 4) is 5.75 Å². The first-order valence-electron chi connectivity index (χ1n) is 7.43. The molecule has 6 heteroatoms. The Balaban J connectivity index is 2.03. The van der Waals surface area contributed by atoms with E-state index in [1.54, 1.807) is 12.1 Å². The van der Waals surface area contributed by atoms with Crippen molar-refractivity contribution < 1.29 is 19.1 Å². The quantitative estimate of drug-likeness (QED) is 0.809. The fourth-order valence-corrected chi connectivity index (χ4v) is 2.32. The number of hydrogen-bond donors (Lipinski definition) is 1. The molecule has 2 aromatic rings. The molecule has 0 atom stereocenters. The Morgan fingerprint density at radius 2 is 1.83 bits per heavy atom. The van der Waals surface area contributed by atoms with Crippen LogP contribution < -0.4 is 10.1 Å². The van der Waals surface area contributed by atoms with Crippen LogP contribution in [0, 0.1) is 0 Å². The summed E-state index contributed by atoms with van der Waals surface area (Å²) >= 11 is 5.95. The third-order valence-electron chi connectivity index (χ3n) is 3.25. The summed E-state index contributed by atoms with van der Waals surface area (Å²) in [5.74, 6) is 0.0157. The lowest BCUT2D eigenvalue weighted by atomic mass is 10.1. The first-order valence-corrected chi connectivity index (χ1v) is 7.80. The minimum absolute atomic E-state index is 0.197. The number of anilines is 1. The molecular formula is C18H18ClNO4. The van der Waals surface area contributed by atoms with E-state index < -0.39 is 5.97 Å². The molecule has 24 heavy (non-hydrogen) atoms. The van der Waals surface area contributed by atoms with Gasteiger partial charge in [-0.3, -0.25) is 4.79 Å². The Kier molecular flexibility index (Phi) is 6.21. The van der Waals surface area contributed by atoms with Gasteiger partial charge in [0.15, 0.2) is 0 Å². The van der Waals surface area contributed by atoms with Gasteiger partial charge >= 0.3 is 5.97 Å². The van der Waals surface area contributed by atoms with Gasteiger partial charge in [0.05, 0.1) is 30.7 Å². The van der Waals surface area contributed by atoms with Crippen molar-refractivity contribution in [3.05, 3.63) is 58.6 Å². The molecule has 126 valence electrons. The molecule has 0 heterocycles. The number of ether oxygens (including phenoxy) is 2. The van der Waals surface area contributed by atoms with E-state index in [-0.39, 0.29) is 22.9 Å². The first kappa shape index (κ1) is 17.8. The van der Waals surface area contributed by atoms with E-state index >= 15 is 0 Å². The van der Waals surface area contributed by atoms with Crippen molar-refractivity contribution in [1.29, 1.82) is 0 Å². The van der Waals surface area contributed by atoms with Crippen LogP contribution in [0.25, 0.3) is 0 Å². The van der Waals surface area contributed by atoms with E-state index in [1.807, 2.05) is 31.2 Å². The van der Waals surface area contributed by atoms with Crippen LogP contribution in [0.2, 0.25) is 5.02 Å². The Labute approximate surface area is 145 Å². The molecule has 2 aromatic carbocycles. The SMILES string of the molecule is CCOc1ccc(CC(=O)Nc2ccc(Cl)c(C(=O)OC)c2)cc1. The molecule has 0 aliphatic carbocycles. The van der Waals surface area contributed by atoms with Gasteiger partial charge in [0.25, 0.3) is 0 Å². The molecule has 0 aliphatic rings. The van der Waals surface area contributed by atoms with Gasteiger partial charge in [0.1, 0.15) is 5.75 Å². The van der Waals surface area contributed by atoms with Crippen LogP contribution in [-0.2, 0) is 16.0 Å². The number of halogens is 1. The summed E-state index contributed by atoms with van der Waals surface area (Å²) in [5, 5.41) is 3.01. The third kappa shape index (κ3) is 4.73. The van der Waals surface area contributed by atoms with Crippen molar-refractivity contribution in [3.63, 3.8) is 0 Å². The second kappa shape index (κ2) is 8.36. The maximum absolute atomic E-state index is 12.1. The number of carbonyl (C=O) groups is 2. The highest BCUT2D eigenvalue weighted by Gasteiger charge is 2.12. The molecule has 0 saturated heterocycles. The van der Waals surface area contributed by atoms with Crippen LogP contribution in [0.5, 0.6) is 5.75 Å². The van der Waals surface area contributed by atoms with Gasteiger partial charge in [-0.25, -0.2) is 4.79 Å². The van der Waals surface area contributed by atoms with E-state index in [1.165, 1.54) is 13.2 Å². The zero-order valence-corrected chi connectivity index (χ0v) is 14.2. The van der Waals surface area contributed by atoms with Crippen LogP contribution in [0.1, 0.15) is 22.8 Å². The van der Waals surface area contributed by atoms with Gasteiger partial charge in [-0.15, -0.1) is 0 Å². The van der Waals surface area contributed by atoms with Crippen molar-refractivity contribution in [2.24, 2.45) is 0 Å². The maximum atomic E-state index is 12.1. The number of methoxy groups -OCH3 is 1. The molecule has 0 unspecified atom stereocenters. The monoisotopic (exact) mass is 347 g/mol. The standard InChI is InChI=1S/C18H18ClNO4/c1-3-24-14-7-4-12(5-8-14)10-17(21)20-13-6-9-16(19)15(11-13)18(22)23-2/h4-9,11H,3,10H2,1-2H3,(H,20,21). The summed E-state index contributed by atoms with van der Waals surface area (Å²) < 4.78 is 10.0. The van der Waals surface area contributed by atoms with E-state index in [4.69, 9.17) is 16.3 Å². The van der Waals surface area contributed by atoms with Gasteiger partial charge in [-0.1, -0.05) is 23.7 Å². The smallest absolute Gasteiger partial charge is 0.339 e. The fourth-order valence-electron chi connectivity index (χ4n) is 2.13. The molecule has 0 radical (unpaired) electrons. The van der Waals surface area contributed by atoms with Crippen molar-refractivity contribution in [2.45, 2.75) is 13.3 Å². The molecule has 0 aliphatic heterocycles. The van der Waals surface area contributed by atoms with Crippen molar-refractivity contribution in [1.82, 2.24) is 0 Å². The van der Waals surface area contributed by atoms with Crippen LogP contribution >= 0.6 is 11.6 Å². The lowest BCUT2D eigenvalue weighted by Crippen LogP contribution is -2.15. The maximum Gasteiger partial charge on any atom is 0.339 e. The highest BCUT2D eigenvalue weighted by Crippen LogP contribution is 2.21. The van der Waals surface area contributed by atoms with Crippen LogP contribution in [0.3, 0.4) is 0 Å². The van der Waals surface area contributed by atoms with Gasteiger partial charge in [-0.05, 0) is 42.8 Å². The van der Waals surface area contributed by atoms with Crippen molar-refractivity contribution in [2.75, 3.05) is 19.0 Å². The van der Waals surface area contributed by atoms with Crippen LogP contribution in [0.15, 0.2) is 42.5 Å². The normalized spacial score (nSPS) is 10.1. The summed E-state index contributed by atoms with van der Waals surface area (Å²) in [6.45, 7) is 2.51. The largest absolute Gasteiger partial charge is 0.494 e. The van der Waals surface area contributed by atoms with E-state index in [9.17, 15) is 9.59 Å². The van der Waals surface area contributed by atoms with Gasteiger partial charge in [0, 0.05) is 5.69 Å². The number of benzene rings is 2. The predicted octanol–water partition coefficient (Wildman–Crippen LogP) is 3.71. The molecule has 0 bridgehead atoms. The molecule has 1 amide bonds. The number of hydrogen-bond acceptors (Lipinski definition) is 4. The van der Waals surface area contributed by atoms with Crippen LogP contribution in [-0.4, -0.2) is 25.6 Å². The van der Waals surface area contributed by atoms with Crippen molar-refractivity contribution >= 4 is 29.2 Å². The third-order valence-corrected chi connectivity index (χ3v) is 3.58. The van der Waals surface area contributed by atoms with Crippen LogP contribution in [0.4, 0.5) is 5.69 Å². The Bertz CT molecular complexity index is 728. The fraction of sp³-hybridized carbons (Fsp3) is 0.222. The minimum atomic E-state index is -0.553. The second-order valence-electron chi connectivity index (χ2n) is 4.99. The molecule has 0 aromatic heterocycles. The van der Waals surface area contributed by atoms with Gasteiger partial charge in [-0.2, -0.15) is 0 Å². The second-order valence-corrected chi connectivity index (χ2v) is 5.40. The zero-order chi connectivity index (χ0) is 17.5. The van der Waals surface area contributed by atoms with Gasteiger partial charge in [0.2, 0.25) is 5.91 Å². The number of esters is 1. The number of carbonyl (C=O) groups excluding carboxylic acids is 2. The molecule has 0 spiro atoms. The van der Waals surface area contributed by atoms with E-state index in [0.29, 0.717) is 12.3 Å². The molecule has 2 rings (SSSR count). The average Bonchev–Trinajstić information content (AvgIpc) is 2.58. The lowest BCUT2D eigenvalue weighted by molar-refractivity contribution is -0.115. The Morgan fingerprint density at radius 1 is 1.12 bits per heavy atom. The number of rotatable bonds is 6. The molecule has 1 N–H and O–H groups in total. The topological polar surface area (TPSA) is 64.6 Å². The number of nitrogens with one attached hydrogen (secondary N) is 1. The molecule has 0 saturated carbocycles. The summed E-state index contributed by atoms with van der Waals surface area (Å²) in [5.41, 5.74) is 1.55. The zero-order valence-electron chi connectivity index (χ0n) is 13.5. The Morgan fingerprint density at radius 3 is 2.46 bits per heavy atom. The lowest BCUT2D eigenvalue weighted by Gasteiger charge is -2.09. The Hall–Kier alpha value is -2.53. The summed E-state index contributed by atoms with van der Waals surface area (Å²) in [6.07, 6.45) is 0.211. The highest BCUT2D eigenvalue weighted by atomic mass is 35.5.